The number of morpholine rings is 1. The fourth-order valence-corrected chi connectivity index (χ4v) is 5.27. The zero-order valence-electron chi connectivity index (χ0n) is 17.4. The highest BCUT2D eigenvalue weighted by molar-refractivity contribution is 8.16. The molecule has 32 heavy (non-hydrogen) atoms. The molecule has 1 amide bonds. The van der Waals surface area contributed by atoms with E-state index in [-0.39, 0.29) is 10.8 Å². The lowest BCUT2D eigenvalue weighted by molar-refractivity contribution is -0.114. The topological polar surface area (TPSA) is 112 Å². The highest BCUT2D eigenvalue weighted by Gasteiger charge is 2.26. The van der Waals surface area contributed by atoms with Crippen molar-refractivity contribution in [3.05, 3.63) is 59.5 Å². The van der Waals surface area contributed by atoms with E-state index in [1.807, 2.05) is 29.7 Å². The summed E-state index contributed by atoms with van der Waals surface area (Å²) in [7, 11) is -3.52. The minimum absolute atomic E-state index is 0.113. The van der Waals surface area contributed by atoms with E-state index in [1.165, 1.54) is 23.0 Å². The van der Waals surface area contributed by atoms with Crippen molar-refractivity contribution in [3.63, 3.8) is 0 Å². The predicted molar refractivity (Wildman–Crippen MR) is 126 cm³/mol. The molecule has 0 radical (unpaired) electrons. The van der Waals surface area contributed by atoms with Crippen molar-refractivity contribution in [1.29, 1.82) is 0 Å². The highest BCUT2D eigenvalue weighted by atomic mass is 32.2. The van der Waals surface area contributed by atoms with Gasteiger partial charge < -0.3 is 10.1 Å². The van der Waals surface area contributed by atoms with Gasteiger partial charge in [-0.15, -0.1) is 0 Å². The molecule has 2 aliphatic heterocycles. The van der Waals surface area contributed by atoms with E-state index in [9.17, 15) is 13.2 Å². The summed E-state index contributed by atoms with van der Waals surface area (Å²) in [6.07, 6.45) is 0. The summed E-state index contributed by atoms with van der Waals surface area (Å²) in [6.45, 7) is 3.02. The molecule has 11 heteroatoms. The molecule has 0 unspecified atom stereocenters. The summed E-state index contributed by atoms with van der Waals surface area (Å²) in [4.78, 5) is 15.9. The Morgan fingerprint density at radius 1 is 1.06 bits per heavy atom. The van der Waals surface area contributed by atoms with Crippen molar-refractivity contribution in [3.8, 4) is 0 Å². The van der Waals surface area contributed by atoms with Crippen molar-refractivity contribution < 1.29 is 17.9 Å². The van der Waals surface area contributed by atoms with Crippen LogP contribution in [0, 0.1) is 0 Å². The summed E-state index contributed by atoms with van der Waals surface area (Å²) in [6, 6.07) is 14.0. The first-order valence-corrected chi connectivity index (χ1v) is 12.3. The van der Waals surface area contributed by atoms with Crippen LogP contribution in [0.4, 0.5) is 11.4 Å². The number of thioether (sulfide) groups is 1. The van der Waals surface area contributed by atoms with Gasteiger partial charge in [0.1, 0.15) is 0 Å². The van der Waals surface area contributed by atoms with E-state index in [0.29, 0.717) is 37.2 Å². The number of hydrogen-bond donors (Lipinski definition) is 3. The summed E-state index contributed by atoms with van der Waals surface area (Å²) in [5.74, 6) is -0.113. The monoisotopic (exact) mass is 473 g/mol. The van der Waals surface area contributed by atoms with Crippen LogP contribution in [0.5, 0.6) is 0 Å². The molecular weight excluding hydrogens is 450 g/mol. The Balaban J connectivity index is 1.41. The normalized spacial score (nSPS) is 18.4. The van der Waals surface area contributed by atoms with Crippen molar-refractivity contribution >= 4 is 49.9 Å². The van der Waals surface area contributed by atoms with Gasteiger partial charge in [0.25, 0.3) is 0 Å². The van der Waals surface area contributed by atoms with Crippen molar-refractivity contribution in [2.45, 2.75) is 11.8 Å². The number of anilines is 1. The Bertz CT molecular complexity index is 1140. The van der Waals surface area contributed by atoms with Gasteiger partial charge in [0, 0.05) is 36.7 Å². The smallest absolute Gasteiger partial charge is 0.243 e. The van der Waals surface area contributed by atoms with Crippen LogP contribution in [0.15, 0.2) is 63.8 Å². The summed E-state index contributed by atoms with van der Waals surface area (Å²) in [5.41, 5.74) is 9.35. The molecule has 9 nitrogen and oxygen atoms in total. The van der Waals surface area contributed by atoms with Crippen LogP contribution in [0.2, 0.25) is 0 Å². The van der Waals surface area contributed by atoms with Crippen LogP contribution in [0.3, 0.4) is 0 Å². The van der Waals surface area contributed by atoms with Crippen LogP contribution in [-0.4, -0.2) is 50.1 Å². The molecule has 0 aromatic heterocycles. The SMILES string of the molecule is CC(=O)Nc1ccc(C2=CSC(=Nc3ccc(S(=O)(=O)N4CCOCC4)cc3)NN2)cc1. The maximum atomic E-state index is 12.7. The van der Waals surface area contributed by atoms with Crippen LogP contribution in [-0.2, 0) is 19.6 Å². The minimum Gasteiger partial charge on any atom is -0.379 e. The number of ether oxygens (including phenoxy) is 1. The van der Waals surface area contributed by atoms with Gasteiger partial charge in [0.15, 0.2) is 5.17 Å². The van der Waals surface area contributed by atoms with Gasteiger partial charge in [0.2, 0.25) is 15.9 Å². The molecule has 0 saturated carbocycles. The van der Waals surface area contributed by atoms with Gasteiger partial charge in [0.05, 0.1) is 29.5 Å². The third-order valence-corrected chi connectivity index (χ3v) is 7.47. The minimum atomic E-state index is -3.52. The highest BCUT2D eigenvalue weighted by Crippen LogP contribution is 2.25. The third-order valence-electron chi connectivity index (χ3n) is 4.78. The molecule has 168 valence electrons. The lowest BCUT2D eigenvalue weighted by atomic mass is 10.1. The van der Waals surface area contributed by atoms with Crippen LogP contribution >= 0.6 is 11.8 Å². The Hall–Kier alpha value is -2.86. The van der Waals surface area contributed by atoms with E-state index >= 15 is 0 Å². The summed E-state index contributed by atoms with van der Waals surface area (Å²) in [5, 5.41) is 5.30. The van der Waals surface area contributed by atoms with Gasteiger partial charge in [-0.2, -0.15) is 4.31 Å². The van der Waals surface area contributed by atoms with Gasteiger partial charge in [-0.25, -0.2) is 13.4 Å². The fourth-order valence-electron chi connectivity index (χ4n) is 3.17. The zero-order chi connectivity index (χ0) is 22.6. The molecule has 3 N–H and O–H groups in total. The fraction of sp³-hybridized carbons (Fsp3) is 0.238. The van der Waals surface area contributed by atoms with Crippen LogP contribution in [0.1, 0.15) is 12.5 Å². The van der Waals surface area contributed by atoms with E-state index in [2.05, 4.69) is 21.2 Å². The molecule has 1 fully saturated rings. The predicted octanol–water partition coefficient (Wildman–Crippen LogP) is 2.49. The Morgan fingerprint density at radius 3 is 2.34 bits per heavy atom. The molecule has 0 bridgehead atoms. The van der Waals surface area contributed by atoms with E-state index in [1.54, 1.807) is 24.3 Å². The van der Waals surface area contributed by atoms with Crippen molar-refractivity contribution in [2.24, 2.45) is 4.99 Å². The van der Waals surface area contributed by atoms with Crippen LogP contribution in [0.25, 0.3) is 5.70 Å². The van der Waals surface area contributed by atoms with Crippen LogP contribution < -0.4 is 16.2 Å². The molecule has 0 aliphatic carbocycles. The number of carbonyl (C=O) groups excluding carboxylic acids is 1. The zero-order valence-corrected chi connectivity index (χ0v) is 19.0. The number of amides is 1. The standard InChI is InChI=1S/C21H23N5O4S2/c1-15(27)22-17-4-2-16(3-5-17)20-14-31-21(25-24-20)23-18-6-8-19(9-7-18)32(28,29)26-10-12-30-13-11-26/h2-9,14,24H,10-13H2,1H3,(H,22,27)(H,23,25). The Labute approximate surface area is 191 Å². The third kappa shape index (κ3) is 5.30. The molecule has 1 saturated heterocycles. The van der Waals surface area contributed by atoms with E-state index < -0.39 is 10.0 Å². The number of amidine groups is 1. The quantitative estimate of drug-likeness (QED) is 0.612. The molecule has 2 aromatic rings. The molecule has 2 aliphatic rings. The number of nitrogens with one attached hydrogen (secondary N) is 3. The Kier molecular flexibility index (Phi) is 6.80. The van der Waals surface area contributed by atoms with Crippen molar-refractivity contribution in [1.82, 2.24) is 15.2 Å². The first-order valence-electron chi connectivity index (χ1n) is 9.95. The van der Waals surface area contributed by atoms with Crippen molar-refractivity contribution in [2.75, 3.05) is 31.6 Å². The van der Waals surface area contributed by atoms with E-state index in [0.717, 1.165) is 16.9 Å². The second-order valence-corrected chi connectivity index (χ2v) is 9.88. The molecule has 4 rings (SSSR count). The number of sulfonamides is 1. The summed E-state index contributed by atoms with van der Waals surface area (Å²) >= 11 is 1.41. The molecule has 0 spiro atoms. The maximum absolute atomic E-state index is 12.7. The molecule has 2 aromatic carbocycles. The molecule has 0 atom stereocenters. The van der Waals surface area contributed by atoms with Gasteiger partial charge >= 0.3 is 0 Å². The number of hydrazine groups is 1. The average Bonchev–Trinajstić information content (AvgIpc) is 2.81. The lowest BCUT2D eigenvalue weighted by Gasteiger charge is -2.26. The second-order valence-electron chi connectivity index (χ2n) is 7.09. The van der Waals surface area contributed by atoms with Gasteiger partial charge in [-0.3, -0.25) is 15.6 Å². The lowest BCUT2D eigenvalue weighted by Crippen LogP contribution is -2.40. The molecule has 2 heterocycles. The number of aliphatic imine (C=N–C) groups is 1. The number of carbonyl (C=O) groups is 1. The van der Waals surface area contributed by atoms with Gasteiger partial charge in [-0.1, -0.05) is 23.9 Å². The average molecular weight is 474 g/mol. The Morgan fingerprint density at radius 2 is 1.75 bits per heavy atom. The number of benzene rings is 2. The number of rotatable bonds is 5. The van der Waals surface area contributed by atoms with E-state index in [4.69, 9.17) is 4.74 Å². The summed E-state index contributed by atoms with van der Waals surface area (Å²) < 4.78 is 32.1. The largest absolute Gasteiger partial charge is 0.379 e. The first-order chi connectivity index (χ1) is 15.4. The molecular formula is C21H23N5O4S2. The number of nitrogens with zero attached hydrogens (tertiary/aromatic N) is 2. The van der Waals surface area contributed by atoms with Gasteiger partial charge in [-0.05, 0) is 36.4 Å². The number of hydrogen-bond acceptors (Lipinski definition) is 7. The maximum Gasteiger partial charge on any atom is 0.243 e. The first kappa shape index (κ1) is 22.3. The second kappa shape index (κ2) is 9.74.